The van der Waals surface area contributed by atoms with E-state index in [4.69, 9.17) is 4.74 Å². The lowest BCUT2D eigenvalue weighted by molar-refractivity contribution is -0.0602. The van der Waals surface area contributed by atoms with Crippen LogP contribution in [0.1, 0.15) is 143 Å². The minimum Gasteiger partial charge on any atom is -0.375 e. The van der Waals surface area contributed by atoms with Crippen molar-refractivity contribution in [3.8, 4) is 0 Å². The average Bonchev–Trinajstić information content (AvgIpc) is 2.64. The average molecular weight is 355 g/mol. The Morgan fingerprint density at radius 3 is 1.32 bits per heavy atom. The Morgan fingerprint density at radius 2 is 0.880 bits per heavy atom. The van der Waals surface area contributed by atoms with Crippen molar-refractivity contribution >= 4 is 0 Å². The molecule has 0 aliphatic heterocycles. The third-order valence-corrected chi connectivity index (χ3v) is 5.93. The number of hydrogen-bond acceptors (Lipinski definition) is 1. The van der Waals surface area contributed by atoms with E-state index in [9.17, 15) is 0 Å². The van der Waals surface area contributed by atoms with Gasteiger partial charge in [0.25, 0.3) is 0 Å². The van der Waals surface area contributed by atoms with Gasteiger partial charge < -0.3 is 4.74 Å². The molecule has 1 nitrogen and oxygen atoms in total. The molecule has 0 bridgehead atoms. The third-order valence-electron chi connectivity index (χ3n) is 5.93. The van der Waals surface area contributed by atoms with Crippen molar-refractivity contribution < 1.29 is 4.74 Å². The van der Waals surface area contributed by atoms with Gasteiger partial charge in [0.2, 0.25) is 0 Å². The van der Waals surface area contributed by atoms with Gasteiger partial charge in [0.1, 0.15) is 0 Å². The summed E-state index contributed by atoms with van der Waals surface area (Å²) in [5, 5.41) is 0. The van der Waals surface area contributed by atoms with Crippen molar-refractivity contribution in [1.82, 2.24) is 0 Å². The summed E-state index contributed by atoms with van der Waals surface area (Å²) in [7, 11) is 0. The van der Waals surface area contributed by atoms with Gasteiger partial charge in [0.15, 0.2) is 0 Å². The van der Waals surface area contributed by atoms with Gasteiger partial charge >= 0.3 is 0 Å². The summed E-state index contributed by atoms with van der Waals surface area (Å²) in [6.45, 7) is 10.2. The van der Waals surface area contributed by atoms with Crippen LogP contribution in [0.15, 0.2) is 0 Å². The van der Waals surface area contributed by atoms with Crippen LogP contribution in [0.4, 0.5) is 0 Å². The Kier molecular flexibility index (Phi) is 18.7. The second-order valence-corrected chi connectivity index (χ2v) is 8.08. The highest BCUT2D eigenvalue weighted by Crippen LogP contribution is 2.28. The van der Waals surface area contributed by atoms with E-state index in [-0.39, 0.29) is 5.60 Å². The van der Waals surface area contributed by atoms with Crippen molar-refractivity contribution in [1.29, 1.82) is 0 Å². The van der Waals surface area contributed by atoms with E-state index in [1.807, 2.05) is 0 Å². The highest BCUT2D eigenvalue weighted by atomic mass is 16.5. The molecule has 0 aliphatic carbocycles. The Labute approximate surface area is 160 Å². The third kappa shape index (κ3) is 14.8. The Hall–Kier alpha value is -0.0400. The summed E-state index contributed by atoms with van der Waals surface area (Å²) >= 11 is 0. The highest BCUT2D eigenvalue weighted by molar-refractivity contribution is 4.77. The first kappa shape index (κ1) is 25.0. The van der Waals surface area contributed by atoms with Gasteiger partial charge in [-0.05, 0) is 25.7 Å². The molecule has 1 heteroatoms. The molecular weight excluding hydrogens is 304 g/mol. The molecule has 0 aliphatic rings. The van der Waals surface area contributed by atoms with Gasteiger partial charge in [0, 0.05) is 6.61 Å². The lowest BCUT2D eigenvalue weighted by Crippen LogP contribution is -2.31. The van der Waals surface area contributed by atoms with Crippen molar-refractivity contribution in [2.75, 3.05) is 6.61 Å². The van der Waals surface area contributed by atoms with E-state index < -0.39 is 0 Å². The van der Waals surface area contributed by atoms with Crippen molar-refractivity contribution in [2.45, 2.75) is 149 Å². The number of ether oxygens (including phenoxy) is 1. The summed E-state index contributed by atoms with van der Waals surface area (Å²) < 4.78 is 6.42. The van der Waals surface area contributed by atoms with Gasteiger partial charge in [-0.1, -0.05) is 118 Å². The molecule has 0 N–H and O–H groups in total. The molecule has 0 rings (SSSR count). The van der Waals surface area contributed by atoms with Crippen LogP contribution in [0.25, 0.3) is 0 Å². The van der Waals surface area contributed by atoms with Crippen molar-refractivity contribution in [3.63, 3.8) is 0 Å². The van der Waals surface area contributed by atoms with E-state index >= 15 is 0 Å². The first-order chi connectivity index (χ1) is 12.2. The molecule has 0 aromatic rings. The molecule has 0 spiro atoms. The Balaban J connectivity index is 3.69. The topological polar surface area (TPSA) is 9.23 Å². The second kappa shape index (κ2) is 18.7. The predicted molar refractivity (Wildman–Crippen MR) is 114 cm³/mol. The van der Waals surface area contributed by atoms with Crippen molar-refractivity contribution in [3.05, 3.63) is 0 Å². The molecule has 152 valence electrons. The van der Waals surface area contributed by atoms with Gasteiger partial charge in [-0.15, -0.1) is 0 Å². The molecule has 0 atom stereocenters. The lowest BCUT2D eigenvalue weighted by Gasteiger charge is -2.32. The Morgan fingerprint density at radius 1 is 0.480 bits per heavy atom. The molecule has 0 radical (unpaired) electrons. The van der Waals surface area contributed by atoms with Crippen LogP contribution in [0.5, 0.6) is 0 Å². The van der Waals surface area contributed by atoms with Crippen LogP contribution in [0.2, 0.25) is 0 Å². The number of unbranched alkanes of at least 4 members (excludes halogenated alkanes) is 13. The molecule has 0 aromatic carbocycles. The van der Waals surface area contributed by atoms with E-state index in [1.54, 1.807) is 0 Å². The van der Waals surface area contributed by atoms with Crippen LogP contribution >= 0.6 is 0 Å². The first-order valence-electron chi connectivity index (χ1n) is 11.9. The SMILES string of the molecule is CCCCCCCCCCOC(CC)(CC)CCCCCCCCC. The molecule has 25 heavy (non-hydrogen) atoms. The molecule has 0 unspecified atom stereocenters. The van der Waals surface area contributed by atoms with Gasteiger partial charge in [-0.2, -0.15) is 0 Å². The molecule has 0 fully saturated rings. The largest absolute Gasteiger partial charge is 0.375 e. The molecule has 0 heterocycles. The van der Waals surface area contributed by atoms with Gasteiger partial charge in [-0.25, -0.2) is 0 Å². The normalized spacial score (nSPS) is 12.0. The standard InChI is InChI=1S/C24H50O/c1-5-9-11-13-15-17-19-21-23-25-24(7-3,8-4)22-20-18-16-14-12-10-6-2/h5-23H2,1-4H3. The zero-order chi connectivity index (χ0) is 18.6. The molecule has 0 saturated carbocycles. The molecule has 0 amide bonds. The zero-order valence-corrected chi connectivity index (χ0v) is 18.3. The number of hydrogen-bond donors (Lipinski definition) is 0. The van der Waals surface area contributed by atoms with Crippen molar-refractivity contribution in [2.24, 2.45) is 0 Å². The fraction of sp³-hybridized carbons (Fsp3) is 1.00. The summed E-state index contributed by atoms with van der Waals surface area (Å²) in [6, 6.07) is 0. The molecule has 0 saturated heterocycles. The van der Waals surface area contributed by atoms with Crippen LogP contribution in [-0.4, -0.2) is 12.2 Å². The maximum Gasteiger partial charge on any atom is 0.0677 e. The molecular formula is C24H50O. The maximum absolute atomic E-state index is 6.42. The second-order valence-electron chi connectivity index (χ2n) is 8.08. The quantitative estimate of drug-likeness (QED) is 0.198. The zero-order valence-electron chi connectivity index (χ0n) is 18.3. The van der Waals surface area contributed by atoms with E-state index in [2.05, 4.69) is 27.7 Å². The van der Waals surface area contributed by atoms with Crippen LogP contribution in [0.3, 0.4) is 0 Å². The van der Waals surface area contributed by atoms with Crippen LogP contribution in [-0.2, 0) is 4.74 Å². The van der Waals surface area contributed by atoms with Gasteiger partial charge in [0.05, 0.1) is 5.60 Å². The van der Waals surface area contributed by atoms with E-state index in [0.29, 0.717) is 0 Å². The summed E-state index contributed by atoms with van der Waals surface area (Å²) in [5.74, 6) is 0. The summed E-state index contributed by atoms with van der Waals surface area (Å²) in [6.07, 6.45) is 24.5. The van der Waals surface area contributed by atoms with Gasteiger partial charge in [-0.3, -0.25) is 0 Å². The smallest absolute Gasteiger partial charge is 0.0677 e. The number of rotatable bonds is 20. The summed E-state index contributed by atoms with van der Waals surface area (Å²) in [4.78, 5) is 0. The fourth-order valence-electron chi connectivity index (χ4n) is 3.81. The summed E-state index contributed by atoms with van der Waals surface area (Å²) in [5.41, 5.74) is 0.171. The predicted octanol–water partition coefficient (Wildman–Crippen LogP) is 8.84. The van der Waals surface area contributed by atoms with Crippen LogP contribution < -0.4 is 0 Å². The monoisotopic (exact) mass is 354 g/mol. The lowest BCUT2D eigenvalue weighted by atomic mass is 9.90. The first-order valence-corrected chi connectivity index (χ1v) is 11.9. The Bertz CT molecular complexity index is 244. The highest BCUT2D eigenvalue weighted by Gasteiger charge is 2.25. The molecule has 0 aromatic heterocycles. The van der Waals surface area contributed by atoms with E-state index in [0.717, 1.165) is 6.61 Å². The minimum absolute atomic E-state index is 0.171. The van der Waals surface area contributed by atoms with Crippen LogP contribution in [0, 0.1) is 0 Å². The fourth-order valence-corrected chi connectivity index (χ4v) is 3.81. The maximum atomic E-state index is 6.42. The minimum atomic E-state index is 0.171. The van der Waals surface area contributed by atoms with E-state index in [1.165, 1.54) is 116 Å².